The number of hydrogen-bond donors (Lipinski definition) is 0. The van der Waals surface area contributed by atoms with Gasteiger partial charge in [-0.05, 0) is 24.3 Å². The van der Waals surface area contributed by atoms with Crippen molar-refractivity contribution in [1.82, 2.24) is 0 Å². The molecule has 4 aromatic rings. The summed E-state index contributed by atoms with van der Waals surface area (Å²) in [6, 6.07) is 32.3. The van der Waals surface area contributed by atoms with Crippen LogP contribution in [-0.2, 0) is 0 Å². The summed E-state index contributed by atoms with van der Waals surface area (Å²) in [5.74, 6) is 0.151. The molecule has 0 aliphatic carbocycles. The molecule has 3 aromatic carbocycles. The lowest BCUT2D eigenvalue weighted by Crippen LogP contribution is -2.35. The molecule has 0 radical (unpaired) electrons. The quantitative estimate of drug-likeness (QED) is 0.370. The second-order valence-corrected chi connectivity index (χ2v) is 9.89. The van der Waals surface area contributed by atoms with E-state index in [9.17, 15) is 4.79 Å². The average molecular weight is 371 g/mol. The minimum atomic E-state index is -2.17. The maximum Gasteiger partial charge on any atom is 0.201 e. The van der Waals surface area contributed by atoms with Crippen molar-refractivity contribution in [1.29, 1.82) is 0 Å². The van der Waals surface area contributed by atoms with Gasteiger partial charge >= 0.3 is 0 Å². The normalized spacial score (nSPS) is 11.3. The lowest BCUT2D eigenvalue weighted by Gasteiger charge is -2.25. The molecule has 0 fully saturated rings. The van der Waals surface area contributed by atoms with Gasteiger partial charge in [-0.15, -0.1) is 0 Å². The fourth-order valence-electron chi connectivity index (χ4n) is 3.49. The third-order valence-corrected chi connectivity index (χ3v) is 9.07. The highest BCUT2D eigenvalue weighted by Crippen LogP contribution is 2.55. The number of carbonyl (C=O) groups is 1. The lowest BCUT2D eigenvalue weighted by molar-refractivity contribution is 0.102. The van der Waals surface area contributed by atoms with Crippen LogP contribution >= 0.6 is 7.26 Å². The monoisotopic (exact) mass is 371 g/mol. The number of hydrogen-bond acceptors (Lipinski definition) is 2. The Hall–Kier alpha value is -2.96. The Kier molecular flexibility index (Phi) is 5.00. The predicted octanol–water partition coefficient (Wildman–Crippen LogP) is 4.46. The zero-order chi connectivity index (χ0) is 18.5. The third kappa shape index (κ3) is 3.37. The van der Waals surface area contributed by atoms with Crippen molar-refractivity contribution < 1.29 is 9.21 Å². The molecule has 0 atom stereocenters. The standard InChI is InChI=1S/C24H20O2P/c25-24(20-10-4-1-5-11-20)19-27(23-16-17-26-18-23,21-12-6-2-7-13-21)22-14-8-3-9-15-22/h1-18H,19H2/q+1. The molecule has 0 aliphatic rings. The van der Waals surface area contributed by atoms with Crippen LogP contribution in [0.4, 0.5) is 0 Å². The van der Waals surface area contributed by atoms with E-state index in [1.807, 2.05) is 72.8 Å². The van der Waals surface area contributed by atoms with E-state index in [0.717, 1.165) is 10.9 Å². The van der Waals surface area contributed by atoms with Crippen LogP contribution in [-0.4, -0.2) is 11.9 Å². The van der Waals surface area contributed by atoms with E-state index < -0.39 is 7.26 Å². The van der Waals surface area contributed by atoms with Gasteiger partial charge < -0.3 is 4.42 Å². The molecule has 0 spiro atoms. The molecule has 0 N–H and O–H groups in total. The van der Waals surface area contributed by atoms with E-state index in [0.29, 0.717) is 6.16 Å². The zero-order valence-electron chi connectivity index (χ0n) is 14.9. The maximum atomic E-state index is 13.3. The number of rotatable bonds is 6. The minimum Gasteiger partial charge on any atom is -0.468 e. The topological polar surface area (TPSA) is 30.2 Å². The molecule has 4 rings (SSSR count). The van der Waals surface area contributed by atoms with Gasteiger partial charge in [-0.25, -0.2) is 0 Å². The van der Waals surface area contributed by atoms with Crippen LogP contribution in [0.5, 0.6) is 0 Å². The predicted molar refractivity (Wildman–Crippen MR) is 113 cm³/mol. The molecule has 0 saturated heterocycles. The number of Topliss-reactive ketones (excluding diaryl/α,β-unsaturated/α-hetero) is 1. The summed E-state index contributed by atoms with van der Waals surface area (Å²) >= 11 is 0. The third-order valence-electron chi connectivity index (χ3n) is 4.82. The Labute approximate surface area is 159 Å². The van der Waals surface area contributed by atoms with Crippen molar-refractivity contribution in [2.75, 3.05) is 6.16 Å². The highest BCUT2D eigenvalue weighted by Gasteiger charge is 2.48. The van der Waals surface area contributed by atoms with Gasteiger partial charge in [0.05, 0.1) is 6.26 Å². The zero-order valence-corrected chi connectivity index (χ0v) is 15.8. The SMILES string of the molecule is O=C(C[P+](c1ccccc1)(c1ccccc1)c1ccoc1)c1ccccc1. The van der Waals surface area contributed by atoms with E-state index in [-0.39, 0.29) is 5.78 Å². The molecule has 0 unspecified atom stereocenters. The van der Waals surface area contributed by atoms with E-state index in [1.54, 1.807) is 12.5 Å². The first kappa shape index (κ1) is 17.5. The first-order valence-corrected chi connectivity index (χ1v) is 10.9. The Morgan fingerprint density at radius 2 is 1.19 bits per heavy atom. The second-order valence-electron chi connectivity index (χ2n) is 6.41. The van der Waals surface area contributed by atoms with Gasteiger partial charge in [0.25, 0.3) is 0 Å². The van der Waals surface area contributed by atoms with Crippen LogP contribution in [0.3, 0.4) is 0 Å². The molecule has 2 nitrogen and oxygen atoms in total. The molecule has 1 heterocycles. The molecule has 132 valence electrons. The molecular formula is C24H20O2P+. The summed E-state index contributed by atoms with van der Waals surface area (Å²) in [5, 5.41) is 3.45. The fraction of sp³-hybridized carbons (Fsp3) is 0.0417. The van der Waals surface area contributed by atoms with Gasteiger partial charge in [-0.3, -0.25) is 4.79 Å². The van der Waals surface area contributed by atoms with Gasteiger partial charge in [0.2, 0.25) is 5.78 Å². The average Bonchev–Trinajstić information content (AvgIpc) is 3.29. The Bertz CT molecular complexity index is 955. The Balaban J connectivity index is 1.92. The maximum absolute atomic E-state index is 13.3. The first-order chi connectivity index (χ1) is 13.3. The summed E-state index contributed by atoms with van der Waals surface area (Å²) in [7, 11) is -2.17. The molecule has 0 amide bonds. The van der Waals surface area contributed by atoms with E-state index >= 15 is 0 Å². The fourth-order valence-corrected chi connectivity index (χ4v) is 7.47. The molecule has 0 bridgehead atoms. The molecule has 0 saturated carbocycles. The Morgan fingerprint density at radius 1 is 0.667 bits per heavy atom. The van der Waals surface area contributed by atoms with Crippen LogP contribution in [0, 0.1) is 0 Å². The van der Waals surface area contributed by atoms with E-state index in [2.05, 4.69) is 24.3 Å². The van der Waals surface area contributed by atoms with Crippen molar-refractivity contribution in [3.05, 3.63) is 115 Å². The molecule has 0 aliphatic heterocycles. The van der Waals surface area contributed by atoms with Crippen molar-refractivity contribution in [3.8, 4) is 0 Å². The highest BCUT2D eigenvalue weighted by molar-refractivity contribution is 7.96. The molecule has 27 heavy (non-hydrogen) atoms. The van der Waals surface area contributed by atoms with Crippen molar-refractivity contribution >= 4 is 29.0 Å². The van der Waals surface area contributed by atoms with Crippen LogP contribution < -0.4 is 15.9 Å². The van der Waals surface area contributed by atoms with Crippen LogP contribution in [0.25, 0.3) is 0 Å². The summed E-state index contributed by atoms with van der Waals surface area (Å²) < 4.78 is 5.47. The van der Waals surface area contributed by atoms with E-state index in [4.69, 9.17) is 4.42 Å². The van der Waals surface area contributed by atoms with E-state index in [1.165, 1.54) is 10.6 Å². The van der Waals surface area contributed by atoms with Crippen molar-refractivity contribution in [3.63, 3.8) is 0 Å². The minimum absolute atomic E-state index is 0.151. The number of benzene rings is 3. The van der Waals surface area contributed by atoms with Gasteiger partial charge in [0, 0.05) is 11.6 Å². The number of carbonyl (C=O) groups excluding carboxylic acids is 1. The number of furan rings is 1. The molecule has 3 heteroatoms. The first-order valence-electron chi connectivity index (χ1n) is 8.91. The van der Waals surface area contributed by atoms with Crippen LogP contribution in [0.15, 0.2) is 114 Å². The van der Waals surface area contributed by atoms with Crippen molar-refractivity contribution in [2.24, 2.45) is 0 Å². The highest BCUT2D eigenvalue weighted by atomic mass is 31.2. The second kappa shape index (κ2) is 7.73. The van der Waals surface area contributed by atoms with Gasteiger partial charge in [0.1, 0.15) is 35.6 Å². The van der Waals surface area contributed by atoms with Gasteiger partial charge in [0.15, 0.2) is 0 Å². The van der Waals surface area contributed by atoms with Gasteiger partial charge in [-0.1, -0.05) is 66.7 Å². The molecule has 1 aromatic heterocycles. The lowest BCUT2D eigenvalue weighted by atomic mass is 10.2. The smallest absolute Gasteiger partial charge is 0.201 e. The summed E-state index contributed by atoms with van der Waals surface area (Å²) in [6.07, 6.45) is 3.93. The Morgan fingerprint density at radius 3 is 1.67 bits per heavy atom. The number of ketones is 1. The molecular weight excluding hydrogens is 351 g/mol. The van der Waals surface area contributed by atoms with Crippen molar-refractivity contribution in [2.45, 2.75) is 0 Å². The summed E-state index contributed by atoms with van der Waals surface area (Å²) in [5.41, 5.74) is 0.747. The van der Waals surface area contributed by atoms with Gasteiger partial charge in [-0.2, -0.15) is 0 Å². The summed E-state index contributed by atoms with van der Waals surface area (Å²) in [6.45, 7) is 0. The largest absolute Gasteiger partial charge is 0.468 e. The summed E-state index contributed by atoms with van der Waals surface area (Å²) in [4.78, 5) is 13.3. The van der Waals surface area contributed by atoms with Crippen LogP contribution in [0.1, 0.15) is 10.4 Å². The van der Waals surface area contributed by atoms with Crippen LogP contribution in [0.2, 0.25) is 0 Å².